The number of nitrogens with zero attached hydrogens (tertiary/aromatic N) is 3. The standard InChI is InChI=1S/C12H7Cl2N3S/c1-6-15-9(5-18-6)12-16-8-4-2-3-7(13)10(8)11(14)17-12/h2-5H,1H3. The summed E-state index contributed by atoms with van der Waals surface area (Å²) in [5.41, 5.74) is 1.46. The van der Waals surface area contributed by atoms with Gasteiger partial charge < -0.3 is 0 Å². The highest BCUT2D eigenvalue weighted by atomic mass is 35.5. The van der Waals surface area contributed by atoms with Gasteiger partial charge in [0.1, 0.15) is 10.8 Å². The van der Waals surface area contributed by atoms with Crippen molar-refractivity contribution in [2.45, 2.75) is 6.92 Å². The van der Waals surface area contributed by atoms with Gasteiger partial charge in [-0.05, 0) is 19.1 Å². The molecule has 90 valence electrons. The molecule has 3 aromatic rings. The highest BCUT2D eigenvalue weighted by molar-refractivity contribution is 7.09. The maximum atomic E-state index is 6.16. The number of rotatable bonds is 1. The molecule has 0 saturated carbocycles. The maximum Gasteiger partial charge on any atom is 0.181 e. The van der Waals surface area contributed by atoms with Gasteiger partial charge in [-0.1, -0.05) is 29.3 Å². The number of thiazole rings is 1. The average molecular weight is 296 g/mol. The molecule has 0 unspecified atom stereocenters. The molecule has 0 aliphatic carbocycles. The number of aromatic nitrogens is 3. The summed E-state index contributed by atoms with van der Waals surface area (Å²) < 4.78 is 0. The molecule has 3 rings (SSSR count). The Morgan fingerprint density at radius 2 is 1.94 bits per heavy atom. The number of halogens is 2. The minimum absolute atomic E-state index is 0.353. The van der Waals surface area contributed by atoms with Crippen LogP contribution in [0.1, 0.15) is 5.01 Å². The van der Waals surface area contributed by atoms with Crippen LogP contribution in [-0.2, 0) is 0 Å². The summed E-state index contributed by atoms with van der Waals surface area (Å²) in [6.45, 7) is 1.94. The van der Waals surface area contributed by atoms with Crippen LogP contribution in [0.4, 0.5) is 0 Å². The second-order valence-corrected chi connectivity index (χ2v) is 5.55. The van der Waals surface area contributed by atoms with Crippen molar-refractivity contribution in [1.29, 1.82) is 0 Å². The molecule has 18 heavy (non-hydrogen) atoms. The first-order valence-electron chi connectivity index (χ1n) is 5.19. The molecule has 0 atom stereocenters. The van der Waals surface area contributed by atoms with Crippen LogP contribution < -0.4 is 0 Å². The lowest BCUT2D eigenvalue weighted by molar-refractivity contribution is 1.18. The molecular weight excluding hydrogens is 289 g/mol. The van der Waals surface area contributed by atoms with Crippen LogP contribution in [0.5, 0.6) is 0 Å². The van der Waals surface area contributed by atoms with E-state index in [0.717, 1.165) is 16.2 Å². The Morgan fingerprint density at radius 3 is 2.67 bits per heavy atom. The van der Waals surface area contributed by atoms with E-state index in [-0.39, 0.29) is 0 Å². The van der Waals surface area contributed by atoms with Crippen LogP contribution >= 0.6 is 34.5 Å². The minimum Gasteiger partial charge on any atom is -0.238 e. The van der Waals surface area contributed by atoms with Gasteiger partial charge in [-0.25, -0.2) is 15.0 Å². The smallest absolute Gasteiger partial charge is 0.181 e. The zero-order valence-electron chi connectivity index (χ0n) is 9.32. The summed E-state index contributed by atoms with van der Waals surface area (Å²) in [7, 11) is 0. The Balaban J connectivity index is 2.28. The molecular formula is C12H7Cl2N3S. The van der Waals surface area contributed by atoms with Crippen molar-refractivity contribution in [3.8, 4) is 11.5 Å². The fourth-order valence-corrected chi connectivity index (χ4v) is 2.86. The molecule has 0 amide bonds. The number of hydrogen-bond acceptors (Lipinski definition) is 4. The van der Waals surface area contributed by atoms with Gasteiger partial charge in [-0.3, -0.25) is 0 Å². The summed E-state index contributed by atoms with van der Waals surface area (Å²) in [4.78, 5) is 13.1. The van der Waals surface area contributed by atoms with E-state index in [2.05, 4.69) is 15.0 Å². The summed E-state index contributed by atoms with van der Waals surface area (Å²) >= 11 is 13.8. The van der Waals surface area contributed by atoms with Crippen molar-refractivity contribution < 1.29 is 0 Å². The van der Waals surface area contributed by atoms with Gasteiger partial charge in [0.15, 0.2) is 5.82 Å². The third-order valence-electron chi connectivity index (χ3n) is 2.48. The molecule has 2 aromatic heterocycles. The Hall–Kier alpha value is -1.23. The van der Waals surface area contributed by atoms with Crippen molar-refractivity contribution >= 4 is 45.4 Å². The SMILES string of the molecule is Cc1nc(-c2nc(Cl)c3c(Cl)cccc3n2)cs1. The van der Waals surface area contributed by atoms with Crippen LogP contribution in [0.15, 0.2) is 23.6 Å². The van der Waals surface area contributed by atoms with Gasteiger partial charge >= 0.3 is 0 Å². The molecule has 0 saturated heterocycles. The number of aryl methyl sites for hydroxylation is 1. The zero-order chi connectivity index (χ0) is 12.7. The lowest BCUT2D eigenvalue weighted by Gasteiger charge is -2.03. The fourth-order valence-electron chi connectivity index (χ4n) is 1.68. The third kappa shape index (κ3) is 1.96. The molecule has 0 aliphatic heterocycles. The summed E-state index contributed by atoms with van der Waals surface area (Å²) in [5.74, 6) is 0.527. The van der Waals surface area contributed by atoms with Gasteiger partial charge in [0.25, 0.3) is 0 Å². The van der Waals surface area contributed by atoms with Crippen molar-refractivity contribution in [1.82, 2.24) is 15.0 Å². The zero-order valence-corrected chi connectivity index (χ0v) is 11.6. The maximum absolute atomic E-state index is 6.16. The molecule has 6 heteroatoms. The molecule has 2 heterocycles. The lowest BCUT2D eigenvalue weighted by atomic mass is 10.2. The topological polar surface area (TPSA) is 38.7 Å². The van der Waals surface area contributed by atoms with E-state index < -0.39 is 0 Å². The number of fused-ring (bicyclic) bond motifs is 1. The summed E-state index contributed by atoms with van der Waals surface area (Å²) in [6.07, 6.45) is 0. The average Bonchev–Trinajstić information content (AvgIpc) is 2.75. The molecule has 0 spiro atoms. The quantitative estimate of drug-likeness (QED) is 0.626. The number of hydrogen-bond donors (Lipinski definition) is 0. The van der Waals surface area contributed by atoms with Gasteiger partial charge in [-0.15, -0.1) is 11.3 Å². The predicted octanol–water partition coefficient (Wildman–Crippen LogP) is 4.37. The van der Waals surface area contributed by atoms with E-state index >= 15 is 0 Å². The molecule has 0 N–H and O–H groups in total. The Labute approximate surface area is 117 Å². The Morgan fingerprint density at radius 1 is 1.11 bits per heavy atom. The summed E-state index contributed by atoms with van der Waals surface area (Å²) in [6, 6.07) is 5.47. The second-order valence-electron chi connectivity index (χ2n) is 3.72. The second kappa shape index (κ2) is 4.46. The summed E-state index contributed by atoms with van der Waals surface area (Å²) in [5, 5.41) is 4.47. The first-order chi connectivity index (χ1) is 8.65. The van der Waals surface area contributed by atoms with Crippen LogP contribution in [0, 0.1) is 6.92 Å². The van der Waals surface area contributed by atoms with Crippen LogP contribution in [0.2, 0.25) is 10.2 Å². The van der Waals surface area contributed by atoms with E-state index in [9.17, 15) is 0 Å². The first-order valence-corrected chi connectivity index (χ1v) is 6.83. The monoisotopic (exact) mass is 295 g/mol. The van der Waals surface area contributed by atoms with Crippen LogP contribution in [-0.4, -0.2) is 15.0 Å². The van der Waals surface area contributed by atoms with Crippen molar-refractivity contribution in [3.05, 3.63) is 38.8 Å². The largest absolute Gasteiger partial charge is 0.238 e. The van der Waals surface area contributed by atoms with E-state index in [0.29, 0.717) is 21.4 Å². The van der Waals surface area contributed by atoms with Gasteiger partial charge in [0.05, 0.1) is 20.9 Å². The Bertz CT molecular complexity index is 739. The molecule has 0 fully saturated rings. The third-order valence-corrected chi connectivity index (χ3v) is 3.84. The van der Waals surface area contributed by atoms with Crippen LogP contribution in [0.25, 0.3) is 22.4 Å². The number of benzene rings is 1. The van der Waals surface area contributed by atoms with Gasteiger partial charge in [0.2, 0.25) is 0 Å². The lowest BCUT2D eigenvalue weighted by Crippen LogP contribution is -1.92. The van der Waals surface area contributed by atoms with E-state index in [1.807, 2.05) is 24.4 Å². The predicted molar refractivity (Wildman–Crippen MR) is 75.4 cm³/mol. The van der Waals surface area contributed by atoms with Gasteiger partial charge in [-0.2, -0.15) is 0 Å². The van der Waals surface area contributed by atoms with Crippen molar-refractivity contribution in [2.24, 2.45) is 0 Å². The van der Waals surface area contributed by atoms with Gasteiger partial charge in [0, 0.05) is 5.38 Å². The normalized spacial score (nSPS) is 11.1. The van der Waals surface area contributed by atoms with Crippen molar-refractivity contribution in [3.63, 3.8) is 0 Å². The van der Waals surface area contributed by atoms with E-state index in [4.69, 9.17) is 23.2 Å². The van der Waals surface area contributed by atoms with E-state index in [1.165, 1.54) is 0 Å². The molecule has 0 aliphatic rings. The van der Waals surface area contributed by atoms with Crippen molar-refractivity contribution in [2.75, 3.05) is 0 Å². The highest BCUT2D eigenvalue weighted by Gasteiger charge is 2.12. The molecule has 1 aromatic carbocycles. The highest BCUT2D eigenvalue weighted by Crippen LogP contribution is 2.30. The van der Waals surface area contributed by atoms with Crippen LogP contribution in [0.3, 0.4) is 0 Å². The molecule has 0 bridgehead atoms. The van der Waals surface area contributed by atoms with E-state index in [1.54, 1.807) is 17.4 Å². The molecule has 3 nitrogen and oxygen atoms in total. The first kappa shape index (κ1) is 11.8. The fraction of sp³-hybridized carbons (Fsp3) is 0.0833. The Kier molecular flexibility index (Phi) is 2.93. The molecule has 0 radical (unpaired) electrons. The minimum atomic E-state index is 0.353.